The zero-order valence-electron chi connectivity index (χ0n) is 16.9. The first-order valence-electron chi connectivity index (χ1n) is 10.1. The van der Waals surface area contributed by atoms with E-state index in [1.807, 2.05) is 25.3 Å². The number of hydrogen-bond donors (Lipinski definition) is 1. The maximum Gasteiger partial charge on any atom is 0.328 e. The number of carboxylic acid groups (broad SMARTS) is 1. The van der Waals surface area contributed by atoms with E-state index in [0.29, 0.717) is 0 Å². The number of ether oxygens (including phenoxy) is 1. The van der Waals surface area contributed by atoms with Gasteiger partial charge in [0.2, 0.25) is 0 Å². The van der Waals surface area contributed by atoms with Crippen molar-refractivity contribution < 1.29 is 19.1 Å². The second-order valence-corrected chi connectivity index (χ2v) is 11.0. The van der Waals surface area contributed by atoms with E-state index in [1.54, 1.807) is 6.08 Å². The predicted octanol–water partition coefficient (Wildman–Crippen LogP) is 2.21. The first-order valence-corrected chi connectivity index (χ1v) is 12.2. The van der Waals surface area contributed by atoms with E-state index < -0.39 is 14.3 Å². The molecule has 3 rings (SSSR count). The van der Waals surface area contributed by atoms with Gasteiger partial charge in [0, 0.05) is 26.3 Å². The summed E-state index contributed by atoms with van der Waals surface area (Å²) in [5.41, 5.74) is 0.872. The molecule has 1 aliphatic rings. The quantitative estimate of drug-likeness (QED) is 0.506. The Bertz CT molecular complexity index is 803. The minimum Gasteiger partial charge on any atom is -0.478 e. The highest BCUT2D eigenvalue weighted by atomic mass is 28.4. The van der Waals surface area contributed by atoms with E-state index in [-0.39, 0.29) is 0 Å². The van der Waals surface area contributed by atoms with Crippen molar-refractivity contribution in [2.24, 2.45) is 0 Å². The lowest BCUT2D eigenvalue weighted by atomic mass is 10.2. The highest BCUT2D eigenvalue weighted by molar-refractivity contribution is 6.97. The Morgan fingerprint density at radius 3 is 2.38 bits per heavy atom. The van der Waals surface area contributed by atoms with Crippen LogP contribution in [0.4, 0.5) is 0 Å². The Hall–Kier alpha value is -2.25. The summed E-state index contributed by atoms with van der Waals surface area (Å²) in [5.74, 6) is -0.943. The average Bonchev–Trinajstić information content (AvgIpc) is 2.77. The van der Waals surface area contributed by atoms with Crippen LogP contribution >= 0.6 is 0 Å². The van der Waals surface area contributed by atoms with E-state index in [2.05, 4.69) is 41.3 Å². The summed E-state index contributed by atoms with van der Waals surface area (Å²) in [6.45, 7) is 4.68. The van der Waals surface area contributed by atoms with Gasteiger partial charge in [0.05, 0.1) is 13.2 Å². The third-order valence-corrected chi connectivity index (χ3v) is 9.78. The van der Waals surface area contributed by atoms with Gasteiger partial charge in [-0.15, -0.1) is 0 Å². The predicted molar refractivity (Wildman–Crippen MR) is 118 cm³/mol. The van der Waals surface area contributed by atoms with Crippen LogP contribution in [0.3, 0.4) is 0 Å². The van der Waals surface area contributed by atoms with Crippen molar-refractivity contribution in [1.29, 1.82) is 0 Å². The van der Waals surface area contributed by atoms with Gasteiger partial charge in [-0.05, 0) is 41.0 Å². The van der Waals surface area contributed by atoms with Crippen LogP contribution in [0.1, 0.15) is 12.0 Å². The van der Waals surface area contributed by atoms with E-state index in [0.717, 1.165) is 57.0 Å². The number of carbonyl (C=O) groups is 1. The lowest BCUT2D eigenvalue weighted by molar-refractivity contribution is -0.131. The van der Waals surface area contributed by atoms with Crippen molar-refractivity contribution in [3.05, 3.63) is 66.2 Å². The Morgan fingerprint density at radius 2 is 1.76 bits per heavy atom. The molecular formula is C23H29NO4Si. The molecule has 2 aromatic carbocycles. The third kappa shape index (κ3) is 5.64. The van der Waals surface area contributed by atoms with Crippen molar-refractivity contribution in [3.63, 3.8) is 0 Å². The van der Waals surface area contributed by atoms with Crippen LogP contribution in [-0.2, 0) is 14.0 Å². The molecule has 1 saturated heterocycles. The molecule has 0 spiro atoms. The fourth-order valence-electron chi connectivity index (χ4n) is 3.91. The van der Waals surface area contributed by atoms with E-state index >= 15 is 0 Å². The van der Waals surface area contributed by atoms with Crippen LogP contribution in [0.25, 0.3) is 6.08 Å². The Labute approximate surface area is 173 Å². The molecule has 0 bridgehead atoms. The molecule has 1 unspecified atom stereocenters. The molecule has 0 aromatic heterocycles. The maximum atomic E-state index is 10.8. The van der Waals surface area contributed by atoms with Gasteiger partial charge in [-0.1, -0.05) is 54.6 Å². The van der Waals surface area contributed by atoms with Gasteiger partial charge in [0.15, 0.2) is 0 Å². The lowest BCUT2D eigenvalue weighted by Crippen LogP contribution is -2.60. The summed E-state index contributed by atoms with van der Waals surface area (Å²) in [5, 5.41) is 11.3. The fraction of sp³-hybridized carbons (Fsp3) is 0.348. The van der Waals surface area contributed by atoms with E-state index in [1.165, 1.54) is 10.4 Å². The van der Waals surface area contributed by atoms with Crippen LogP contribution in [0.15, 0.2) is 60.7 Å². The Morgan fingerprint density at radius 1 is 1.10 bits per heavy atom. The molecule has 1 heterocycles. The number of morpholine rings is 1. The summed E-state index contributed by atoms with van der Waals surface area (Å²) >= 11 is 0. The normalized spacial score (nSPS) is 17.3. The monoisotopic (exact) mass is 411 g/mol. The second kappa shape index (κ2) is 10.5. The molecule has 0 aliphatic carbocycles. The minimum absolute atomic E-state index is 0.816. The topological polar surface area (TPSA) is 59.0 Å². The number of aliphatic carboxylic acids is 1. The lowest BCUT2D eigenvalue weighted by Gasteiger charge is -2.33. The van der Waals surface area contributed by atoms with Crippen molar-refractivity contribution in [1.82, 2.24) is 4.90 Å². The zero-order chi connectivity index (χ0) is 20.5. The Balaban J connectivity index is 1.83. The van der Waals surface area contributed by atoms with Crippen LogP contribution in [0.5, 0.6) is 0 Å². The molecule has 1 aliphatic heterocycles. The van der Waals surface area contributed by atoms with Crippen molar-refractivity contribution in [2.75, 3.05) is 40.0 Å². The fourth-order valence-corrected chi connectivity index (χ4v) is 7.59. The smallest absolute Gasteiger partial charge is 0.328 e. The summed E-state index contributed by atoms with van der Waals surface area (Å²) < 4.78 is 11.8. The molecule has 0 radical (unpaired) electrons. The minimum atomic E-state index is -2.37. The second-order valence-electron chi connectivity index (χ2n) is 7.25. The van der Waals surface area contributed by atoms with Crippen molar-refractivity contribution in [2.45, 2.75) is 12.5 Å². The number of carboxylic acids is 1. The summed E-state index contributed by atoms with van der Waals surface area (Å²) in [4.78, 5) is 13.2. The van der Waals surface area contributed by atoms with Gasteiger partial charge < -0.3 is 14.3 Å². The molecule has 0 amide bonds. The van der Waals surface area contributed by atoms with Gasteiger partial charge in [-0.2, -0.15) is 0 Å². The third-order valence-electron chi connectivity index (χ3n) is 5.49. The number of nitrogens with zero attached hydrogens (tertiary/aromatic N) is 1. The van der Waals surface area contributed by atoms with E-state index in [4.69, 9.17) is 14.3 Å². The molecule has 6 heteroatoms. The van der Waals surface area contributed by atoms with Gasteiger partial charge in [0.1, 0.15) is 0 Å². The molecular weight excluding hydrogens is 382 g/mol. The molecule has 0 saturated carbocycles. The maximum absolute atomic E-state index is 10.8. The van der Waals surface area contributed by atoms with Gasteiger partial charge in [-0.25, -0.2) is 4.79 Å². The van der Waals surface area contributed by atoms with Crippen molar-refractivity contribution in [3.8, 4) is 0 Å². The van der Waals surface area contributed by atoms with Crippen LogP contribution < -0.4 is 10.4 Å². The summed E-state index contributed by atoms with van der Waals surface area (Å²) in [7, 11) is -0.547. The SMILES string of the molecule is CO[Si](CCCN1CCOCC1)(c1ccccc1)c1ccc(/C=C/C(=O)O)cc1. The van der Waals surface area contributed by atoms with E-state index in [9.17, 15) is 4.79 Å². The zero-order valence-corrected chi connectivity index (χ0v) is 17.9. The molecule has 1 N–H and O–H groups in total. The first-order chi connectivity index (χ1) is 14.1. The standard InChI is InChI=1S/C23H29NO4Si/c1-27-29(21-6-3-2-4-7-21,19-5-14-24-15-17-28-18-16-24)22-11-8-20(9-12-22)10-13-23(25)26/h2-4,6-13H,5,14-19H2,1H3,(H,25,26)/b13-10+. The largest absolute Gasteiger partial charge is 0.478 e. The molecule has 1 atom stereocenters. The molecule has 154 valence electrons. The van der Waals surface area contributed by atoms with Gasteiger partial charge in [-0.3, -0.25) is 4.90 Å². The van der Waals surface area contributed by atoms with Gasteiger partial charge >= 0.3 is 5.97 Å². The molecule has 5 nitrogen and oxygen atoms in total. The number of rotatable bonds is 9. The Kier molecular flexibility index (Phi) is 7.77. The van der Waals surface area contributed by atoms with Crippen LogP contribution in [0.2, 0.25) is 6.04 Å². The number of hydrogen-bond acceptors (Lipinski definition) is 4. The molecule has 2 aromatic rings. The van der Waals surface area contributed by atoms with Gasteiger partial charge in [0.25, 0.3) is 8.32 Å². The highest BCUT2D eigenvalue weighted by Crippen LogP contribution is 2.17. The summed E-state index contributed by atoms with van der Waals surface area (Å²) in [6.07, 6.45) is 3.84. The molecule has 29 heavy (non-hydrogen) atoms. The average molecular weight is 412 g/mol. The van der Waals surface area contributed by atoms with Crippen LogP contribution in [0, 0.1) is 0 Å². The highest BCUT2D eigenvalue weighted by Gasteiger charge is 2.38. The molecule has 1 fully saturated rings. The van der Waals surface area contributed by atoms with Crippen molar-refractivity contribution >= 4 is 30.7 Å². The first kappa shape index (κ1) is 21.5. The number of benzene rings is 2. The van der Waals surface area contributed by atoms with Crippen LogP contribution in [-0.4, -0.2) is 64.3 Å². The summed E-state index contributed by atoms with van der Waals surface area (Å²) in [6, 6.07) is 19.6.